The second kappa shape index (κ2) is 5.88. The predicted molar refractivity (Wildman–Crippen MR) is 57.0 cm³/mol. The first-order valence-electron chi connectivity index (χ1n) is 5.48. The van der Waals surface area contributed by atoms with Crippen LogP contribution < -0.4 is 4.18 Å². The summed E-state index contributed by atoms with van der Waals surface area (Å²) in [4.78, 5) is 0. The molecule has 0 aliphatic rings. The zero-order valence-corrected chi connectivity index (χ0v) is 11.8. The summed E-state index contributed by atoms with van der Waals surface area (Å²) in [5.74, 6) is -2.74. The molecular weight excluding hydrogens is 409 g/mol. The molecule has 0 atom stereocenters. The van der Waals surface area contributed by atoms with Crippen molar-refractivity contribution >= 4 is 10.1 Å². The van der Waals surface area contributed by atoms with Gasteiger partial charge in [-0.15, -0.1) is 0 Å². The van der Waals surface area contributed by atoms with Gasteiger partial charge in [-0.1, -0.05) is 6.07 Å². The van der Waals surface area contributed by atoms with Gasteiger partial charge in [0, 0.05) is 0 Å². The zero-order valence-electron chi connectivity index (χ0n) is 11.0. The van der Waals surface area contributed by atoms with Crippen molar-refractivity contribution in [3.8, 4) is 5.75 Å². The number of hydrogen-bond donors (Lipinski definition) is 0. The fraction of sp³-hybridized carbons (Fsp3) is 0.400. The molecule has 0 spiro atoms. The van der Waals surface area contributed by atoms with E-state index < -0.39 is 50.8 Å². The highest BCUT2D eigenvalue weighted by molar-refractivity contribution is 7.88. The number of hydrogen-bond acceptors (Lipinski definition) is 3. The van der Waals surface area contributed by atoms with Gasteiger partial charge in [-0.25, -0.2) is 0 Å². The van der Waals surface area contributed by atoms with Crippen LogP contribution in [0.4, 0.5) is 48.3 Å². The second-order valence-electron chi connectivity index (χ2n) is 4.23. The minimum absolute atomic E-state index is 0.132. The van der Waals surface area contributed by atoms with Gasteiger partial charge in [0.1, 0.15) is 0 Å². The lowest BCUT2D eigenvalue weighted by Gasteiger charge is -2.22. The molecule has 1 aromatic rings. The molecule has 3 nitrogen and oxygen atoms in total. The summed E-state index contributed by atoms with van der Waals surface area (Å²) in [5.41, 5.74) is -5.02. The van der Waals surface area contributed by atoms with Crippen molar-refractivity contribution in [2.24, 2.45) is 0 Å². The Morgan fingerprint density at radius 1 is 0.720 bits per heavy atom. The maximum absolute atomic E-state index is 12.9. The van der Waals surface area contributed by atoms with Gasteiger partial charge in [0.05, 0.1) is 11.1 Å². The second-order valence-corrected chi connectivity index (χ2v) is 5.82. The number of benzene rings is 1. The van der Waals surface area contributed by atoms with Crippen LogP contribution in [0.25, 0.3) is 0 Å². The lowest BCUT2D eigenvalue weighted by molar-refractivity contribution is -0.243. The van der Waals surface area contributed by atoms with Crippen molar-refractivity contribution in [3.63, 3.8) is 0 Å². The van der Waals surface area contributed by atoms with Crippen LogP contribution in [0.15, 0.2) is 18.2 Å². The molecule has 15 heteroatoms. The van der Waals surface area contributed by atoms with E-state index in [1.54, 1.807) is 0 Å². The minimum atomic E-state index is -7.29. The van der Waals surface area contributed by atoms with Crippen molar-refractivity contribution in [2.45, 2.75) is 23.8 Å². The van der Waals surface area contributed by atoms with Crippen LogP contribution in [-0.2, 0) is 22.5 Å². The third-order valence-electron chi connectivity index (χ3n) is 2.46. The smallest absolute Gasteiger partial charge is 0.377 e. The molecule has 1 aromatic carbocycles. The normalized spacial score (nSPS) is 14.5. The first-order valence-corrected chi connectivity index (χ1v) is 6.89. The summed E-state index contributed by atoms with van der Waals surface area (Å²) in [6.45, 7) is 0. The van der Waals surface area contributed by atoms with Gasteiger partial charge in [0.15, 0.2) is 5.75 Å². The van der Waals surface area contributed by atoms with Crippen molar-refractivity contribution in [1.29, 1.82) is 0 Å². The van der Waals surface area contributed by atoms with E-state index in [1.165, 1.54) is 0 Å². The molecule has 25 heavy (non-hydrogen) atoms. The highest BCUT2D eigenvalue weighted by Gasteiger charge is 2.69. The van der Waals surface area contributed by atoms with Crippen molar-refractivity contribution in [2.75, 3.05) is 0 Å². The maximum Gasteiger partial charge on any atom is 0.475 e. The fourth-order valence-corrected chi connectivity index (χ4v) is 2.16. The lowest BCUT2D eigenvalue weighted by Crippen LogP contribution is -2.46. The van der Waals surface area contributed by atoms with E-state index in [9.17, 15) is 56.7 Å². The van der Waals surface area contributed by atoms with Crippen molar-refractivity contribution in [3.05, 3.63) is 29.3 Å². The Morgan fingerprint density at radius 2 is 1.08 bits per heavy atom. The standard InChI is InChI=1S/C10H3F11O3S/c11-7(12,13)4-2-1-3-5(8(14,15)16)6(4)24-25(22,23)10(20,21)9(17,18)19/h1-3H. The van der Waals surface area contributed by atoms with E-state index in [4.69, 9.17) is 0 Å². The Kier molecular flexibility index (Phi) is 4.99. The van der Waals surface area contributed by atoms with Crippen LogP contribution in [0, 0.1) is 0 Å². The third-order valence-corrected chi connectivity index (χ3v) is 3.71. The monoisotopic (exact) mass is 412 g/mol. The molecule has 0 radical (unpaired) electrons. The minimum Gasteiger partial charge on any atom is -0.377 e. The van der Waals surface area contributed by atoms with Gasteiger partial charge in [-0.3, -0.25) is 0 Å². The quantitative estimate of drug-likeness (QED) is 0.539. The van der Waals surface area contributed by atoms with Crippen LogP contribution in [0.2, 0.25) is 0 Å². The Labute approximate surface area is 131 Å². The summed E-state index contributed by atoms with van der Waals surface area (Å²) < 4.78 is 163. The van der Waals surface area contributed by atoms with Crippen LogP contribution in [-0.4, -0.2) is 19.8 Å². The van der Waals surface area contributed by atoms with Crippen LogP contribution in [0.1, 0.15) is 11.1 Å². The Morgan fingerprint density at radius 3 is 1.36 bits per heavy atom. The summed E-state index contributed by atoms with van der Waals surface area (Å²) >= 11 is 0. The number of alkyl halides is 11. The molecule has 0 heterocycles. The molecule has 0 N–H and O–H groups in total. The van der Waals surface area contributed by atoms with Crippen LogP contribution in [0.5, 0.6) is 5.75 Å². The average Bonchev–Trinajstić information content (AvgIpc) is 2.34. The molecule has 1 rings (SSSR count). The topological polar surface area (TPSA) is 43.4 Å². The number of para-hydroxylation sites is 1. The summed E-state index contributed by atoms with van der Waals surface area (Å²) in [6.07, 6.45) is -18.4. The first kappa shape index (κ1) is 21.2. The molecule has 0 aliphatic carbocycles. The Bertz CT molecular complexity index is 711. The van der Waals surface area contributed by atoms with E-state index in [-0.39, 0.29) is 18.2 Å². The molecule has 0 amide bonds. The highest BCUT2D eigenvalue weighted by Crippen LogP contribution is 2.47. The SMILES string of the molecule is O=S(=O)(Oc1c(C(F)(F)F)cccc1C(F)(F)F)C(F)(F)C(F)(F)F. The summed E-state index contributed by atoms with van der Waals surface area (Å²) in [5, 5.41) is -6.76. The number of halogens is 11. The molecule has 0 fully saturated rings. The molecule has 0 saturated heterocycles. The van der Waals surface area contributed by atoms with Crippen molar-refractivity contribution < 1.29 is 60.9 Å². The van der Waals surface area contributed by atoms with Gasteiger partial charge in [-0.05, 0) is 12.1 Å². The Hall–Kier alpha value is -1.80. The average molecular weight is 412 g/mol. The van der Waals surface area contributed by atoms with Crippen LogP contribution >= 0.6 is 0 Å². The summed E-state index contributed by atoms with van der Waals surface area (Å²) in [6, 6.07) is -0.245. The van der Waals surface area contributed by atoms with Gasteiger partial charge in [-0.2, -0.15) is 56.7 Å². The van der Waals surface area contributed by atoms with E-state index >= 15 is 0 Å². The molecule has 144 valence electrons. The van der Waals surface area contributed by atoms with Gasteiger partial charge < -0.3 is 4.18 Å². The molecule has 0 bridgehead atoms. The first-order chi connectivity index (χ1) is 10.8. The molecule has 0 saturated carbocycles. The fourth-order valence-electron chi connectivity index (χ4n) is 1.38. The number of rotatable bonds is 3. The van der Waals surface area contributed by atoms with E-state index in [2.05, 4.69) is 4.18 Å². The van der Waals surface area contributed by atoms with Crippen molar-refractivity contribution in [1.82, 2.24) is 0 Å². The summed E-state index contributed by atoms with van der Waals surface area (Å²) in [7, 11) is -7.29. The van der Waals surface area contributed by atoms with E-state index in [0.717, 1.165) is 0 Å². The Balaban J connectivity index is 3.68. The van der Waals surface area contributed by atoms with Gasteiger partial charge in [0.25, 0.3) is 0 Å². The molecular formula is C10H3F11O3S. The molecule has 0 aromatic heterocycles. The largest absolute Gasteiger partial charge is 0.475 e. The highest BCUT2D eigenvalue weighted by atomic mass is 32.2. The van der Waals surface area contributed by atoms with E-state index in [0.29, 0.717) is 0 Å². The predicted octanol–water partition coefficient (Wildman–Crippen LogP) is 4.59. The van der Waals surface area contributed by atoms with Gasteiger partial charge >= 0.3 is 33.9 Å². The molecule has 0 unspecified atom stereocenters. The van der Waals surface area contributed by atoms with Crippen LogP contribution in [0.3, 0.4) is 0 Å². The lowest BCUT2D eigenvalue weighted by atomic mass is 10.1. The zero-order chi connectivity index (χ0) is 20.1. The molecule has 0 aliphatic heterocycles. The van der Waals surface area contributed by atoms with Gasteiger partial charge in [0.2, 0.25) is 0 Å². The van der Waals surface area contributed by atoms with E-state index in [1.807, 2.05) is 0 Å². The third kappa shape index (κ3) is 4.07. The maximum atomic E-state index is 12.9.